The van der Waals surface area contributed by atoms with Crippen LogP contribution in [0.1, 0.15) is 67.7 Å². The number of allylic oxidation sites excluding steroid dienone is 1. The number of aliphatic hydroxyl groups is 1. The van der Waals surface area contributed by atoms with E-state index in [0.29, 0.717) is 11.8 Å². The van der Waals surface area contributed by atoms with Crippen molar-refractivity contribution in [1.82, 2.24) is 0 Å². The van der Waals surface area contributed by atoms with Crippen molar-refractivity contribution in [2.45, 2.75) is 97.6 Å². The van der Waals surface area contributed by atoms with E-state index < -0.39 is 13.9 Å². The van der Waals surface area contributed by atoms with E-state index in [0.717, 1.165) is 19.3 Å². The van der Waals surface area contributed by atoms with E-state index in [1.807, 2.05) is 0 Å². The Morgan fingerprint density at radius 3 is 2.33 bits per heavy atom. The minimum atomic E-state index is -1.70. The van der Waals surface area contributed by atoms with Crippen LogP contribution < -0.4 is 0 Å². The molecule has 0 aromatic carbocycles. The van der Waals surface area contributed by atoms with E-state index in [1.165, 1.54) is 23.7 Å². The third-order valence-corrected chi connectivity index (χ3v) is 13.4. The molecule has 3 rings (SSSR count). The van der Waals surface area contributed by atoms with E-state index in [1.54, 1.807) is 0 Å². The fraction of sp³-hybridized carbons (Fsp3) is 0.905. The lowest BCUT2D eigenvalue weighted by Crippen LogP contribution is -2.58. The minimum Gasteiger partial charge on any atom is -0.413 e. The minimum absolute atomic E-state index is 0.116. The Bertz CT molecular complexity index is 528. The van der Waals surface area contributed by atoms with Gasteiger partial charge in [0.05, 0.1) is 17.1 Å². The normalized spacial score (nSPS) is 43.7. The highest BCUT2D eigenvalue weighted by atomic mass is 28.4. The molecule has 138 valence electrons. The van der Waals surface area contributed by atoms with Gasteiger partial charge in [-0.2, -0.15) is 0 Å². The predicted molar refractivity (Wildman–Crippen MR) is 103 cm³/mol. The van der Waals surface area contributed by atoms with Crippen molar-refractivity contribution in [2.24, 2.45) is 22.7 Å². The van der Waals surface area contributed by atoms with Gasteiger partial charge in [-0.25, -0.2) is 0 Å². The largest absolute Gasteiger partial charge is 0.413 e. The molecule has 5 atom stereocenters. The van der Waals surface area contributed by atoms with Crippen LogP contribution in [0.25, 0.3) is 0 Å². The van der Waals surface area contributed by atoms with Gasteiger partial charge >= 0.3 is 0 Å². The predicted octanol–water partition coefficient (Wildman–Crippen LogP) is 5.53. The van der Waals surface area contributed by atoms with Gasteiger partial charge in [-0.05, 0) is 61.6 Å². The fourth-order valence-electron chi connectivity index (χ4n) is 7.05. The molecule has 3 aliphatic carbocycles. The Balaban J connectivity index is 2.12. The summed E-state index contributed by atoms with van der Waals surface area (Å²) < 4.78 is 7.12. The molecule has 1 spiro atoms. The van der Waals surface area contributed by atoms with Crippen LogP contribution in [0, 0.1) is 22.7 Å². The summed E-state index contributed by atoms with van der Waals surface area (Å²) in [5.74, 6) is 0.909. The van der Waals surface area contributed by atoms with E-state index in [2.05, 4.69) is 54.5 Å². The molecule has 1 unspecified atom stereocenters. The third kappa shape index (κ3) is 1.95. The molecule has 1 N–H and O–H groups in total. The summed E-state index contributed by atoms with van der Waals surface area (Å²) in [4.78, 5) is 0. The summed E-state index contributed by atoms with van der Waals surface area (Å²) in [5.41, 5.74) is 0.758. The topological polar surface area (TPSA) is 29.5 Å². The van der Waals surface area contributed by atoms with Crippen molar-refractivity contribution in [3.05, 3.63) is 11.6 Å². The quantitative estimate of drug-likeness (QED) is 0.522. The molecule has 2 nitrogen and oxygen atoms in total. The lowest BCUT2D eigenvalue weighted by atomic mass is 9.54. The second-order valence-corrected chi connectivity index (χ2v) is 14.2. The molecule has 0 heterocycles. The van der Waals surface area contributed by atoms with Gasteiger partial charge in [0.25, 0.3) is 0 Å². The molecule has 3 heteroatoms. The molecule has 3 aliphatic rings. The fourth-order valence-corrected chi connectivity index (χ4v) is 9.92. The number of hydrogen-bond acceptors (Lipinski definition) is 2. The van der Waals surface area contributed by atoms with Gasteiger partial charge in [0.1, 0.15) is 0 Å². The summed E-state index contributed by atoms with van der Waals surface area (Å²) in [6.07, 6.45) is 5.72. The highest BCUT2D eigenvalue weighted by Gasteiger charge is 2.77. The van der Waals surface area contributed by atoms with E-state index in [-0.39, 0.29) is 16.9 Å². The molecule has 0 aromatic heterocycles. The smallest absolute Gasteiger partial charge is 0.192 e. The average Bonchev–Trinajstić information content (AvgIpc) is 2.80. The summed E-state index contributed by atoms with van der Waals surface area (Å²) in [7, 11) is -1.70. The molecular weight excluding hydrogens is 312 g/mol. The molecule has 0 aliphatic heterocycles. The highest BCUT2D eigenvalue weighted by Crippen LogP contribution is 2.75. The van der Waals surface area contributed by atoms with Crippen LogP contribution in [0.2, 0.25) is 18.1 Å². The molecule has 2 saturated carbocycles. The van der Waals surface area contributed by atoms with Gasteiger partial charge in [-0.1, -0.05) is 53.2 Å². The molecule has 24 heavy (non-hydrogen) atoms. The van der Waals surface area contributed by atoms with Crippen LogP contribution in [-0.2, 0) is 4.43 Å². The van der Waals surface area contributed by atoms with Crippen LogP contribution in [0.5, 0.6) is 0 Å². The van der Waals surface area contributed by atoms with Crippen molar-refractivity contribution in [3.63, 3.8) is 0 Å². The van der Waals surface area contributed by atoms with Crippen molar-refractivity contribution < 1.29 is 9.53 Å². The monoisotopic (exact) mass is 350 g/mol. The molecule has 2 bridgehead atoms. The highest BCUT2D eigenvalue weighted by molar-refractivity contribution is 6.73. The molecule has 0 radical (unpaired) electrons. The van der Waals surface area contributed by atoms with Crippen LogP contribution in [0.3, 0.4) is 0 Å². The van der Waals surface area contributed by atoms with Crippen molar-refractivity contribution in [3.8, 4) is 0 Å². The molecular formula is C21H38O2Si. The summed E-state index contributed by atoms with van der Waals surface area (Å²) in [5, 5.41) is 11.9. The second-order valence-electron chi connectivity index (χ2n) is 9.46. The summed E-state index contributed by atoms with van der Waals surface area (Å²) in [6, 6.07) is 3.56. The maximum absolute atomic E-state index is 11.9. The number of fused-ring (bicyclic) bond motifs is 1. The Morgan fingerprint density at radius 2 is 1.79 bits per heavy atom. The number of hydrogen-bond donors (Lipinski definition) is 1. The van der Waals surface area contributed by atoms with Gasteiger partial charge in [-0.3, -0.25) is 0 Å². The Hall–Kier alpha value is -0.123. The van der Waals surface area contributed by atoms with E-state index in [9.17, 15) is 5.11 Å². The summed E-state index contributed by atoms with van der Waals surface area (Å²) in [6.45, 7) is 16.3. The molecule has 0 saturated heterocycles. The third-order valence-electron chi connectivity index (χ3n) is 8.80. The molecule has 0 amide bonds. The van der Waals surface area contributed by atoms with Crippen molar-refractivity contribution >= 4 is 8.32 Å². The lowest BCUT2D eigenvalue weighted by molar-refractivity contribution is -0.111. The second kappa shape index (κ2) is 5.69. The van der Waals surface area contributed by atoms with Gasteiger partial charge in [0.2, 0.25) is 0 Å². The maximum Gasteiger partial charge on any atom is 0.192 e. The van der Waals surface area contributed by atoms with Gasteiger partial charge in [0.15, 0.2) is 8.32 Å². The SMILES string of the molecule is CC[Si](CC)(CC)O[C@@H]1C[C@@H](C)[C@@]2(O)C[C@@H]3CC=C(C)C12C3(C)C. The van der Waals surface area contributed by atoms with Gasteiger partial charge in [0, 0.05) is 0 Å². The molecule has 0 aromatic rings. The van der Waals surface area contributed by atoms with Crippen LogP contribution in [0.15, 0.2) is 11.6 Å². The van der Waals surface area contributed by atoms with E-state index in [4.69, 9.17) is 4.43 Å². The van der Waals surface area contributed by atoms with Crippen molar-refractivity contribution in [2.75, 3.05) is 0 Å². The Morgan fingerprint density at radius 1 is 1.21 bits per heavy atom. The first kappa shape index (κ1) is 18.7. The van der Waals surface area contributed by atoms with Gasteiger partial charge in [-0.15, -0.1) is 0 Å². The zero-order valence-corrected chi connectivity index (χ0v) is 17.9. The first-order chi connectivity index (χ1) is 11.1. The lowest BCUT2D eigenvalue weighted by Gasteiger charge is -2.54. The first-order valence-corrected chi connectivity index (χ1v) is 12.8. The Kier molecular flexibility index (Phi) is 4.42. The first-order valence-electron chi connectivity index (χ1n) is 10.2. The zero-order valence-electron chi connectivity index (χ0n) is 16.9. The van der Waals surface area contributed by atoms with E-state index >= 15 is 0 Å². The summed E-state index contributed by atoms with van der Waals surface area (Å²) >= 11 is 0. The van der Waals surface area contributed by atoms with Gasteiger partial charge < -0.3 is 9.53 Å². The van der Waals surface area contributed by atoms with Crippen LogP contribution in [-0.4, -0.2) is 25.1 Å². The van der Waals surface area contributed by atoms with Crippen LogP contribution in [0.4, 0.5) is 0 Å². The number of rotatable bonds is 5. The van der Waals surface area contributed by atoms with Crippen molar-refractivity contribution in [1.29, 1.82) is 0 Å². The Labute approximate surface area is 150 Å². The zero-order chi connectivity index (χ0) is 18.0. The molecule has 2 fully saturated rings. The van der Waals surface area contributed by atoms with Crippen LogP contribution >= 0.6 is 0 Å². The maximum atomic E-state index is 11.9. The standard InChI is InChI=1S/C21H38O2Si/c1-8-24(9-2,10-3)23-18-13-16(5)20(22)14-17-12-11-15(4)21(18,20)19(17,6)7/h11,16-18,22H,8-10,12-14H2,1-7H3/t16-,17+,18-,20+,21?/m1/s1. The average molecular weight is 351 g/mol.